The highest BCUT2D eigenvalue weighted by molar-refractivity contribution is 7.79. The topological polar surface area (TPSA) is 73.5 Å². The van der Waals surface area contributed by atoms with E-state index in [0.29, 0.717) is 10.5 Å². The van der Waals surface area contributed by atoms with Gasteiger partial charge in [-0.05, 0) is 23.3 Å². The third kappa shape index (κ3) is 3.79. The largest absolute Gasteiger partial charge is 0.302 e. The van der Waals surface area contributed by atoms with Crippen LogP contribution in [0.25, 0.3) is 5.57 Å². The molecule has 1 rings (SSSR count). The van der Waals surface area contributed by atoms with E-state index in [9.17, 15) is 4.21 Å². The number of allylic oxidation sites excluding steroid dienone is 2. The van der Waals surface area contributed by atoms with Crippen LogP contribution in [0.3, 0.4) is 0 Å². The van der Waals surface area contributed by atoms with Gasteiger partial charge < -0.3 is 4.55 Å². The normalized spacial score (nSPS) is 12.0. The average Bonchev–Trinajstić information content (AvgIpc) is 2.35. The van der Waals surface area contributed by atoms with Crippen molar-refractivity contribution in [3.05, 3.63) is 48.7 Å². The van der Waals surface area contributed by atoms with E-state index >= 15 is 0 Å². The summed E-state index contributed by atoms with van der Waals surface area (Å²) in [5, 5.41) is 8.46. The van der Waals surface area contributed by atoms with Crippen LogP contribution >= 0.6 is 0 Å². The quantitative estimate of drug-likeness (QED) is 0.503. The summed E-state index contributed by atoms with van der Waals surface area (Å²) in [4.78, 5) is 4.11. The molecular weight excluding hydrogens is 236 g/mol. The molecule has 17 heavy (non-hydrogen) atoms. The van der Waals surface area contributed by atoms with Gasteiger partial charge in [0.2, 0.25) is 0 Å². The summed E-state index contributed by atoms with van der Waals surface area (Å²) in [6, 6.07) is 8.17. The number of benzene rings is 1. The van der Waals surface area contributed by atoms with Crippen LogP contribution < -0.4 is 0 Å². The van der Waals surface area contributed by atoms with Gasteiger partial charge in [0.1, 0.15) is 11.8 Å². The van der Waals surface area contributed by atoms with Crippen molar-refractivity contribution in [1.82, 2.24) is 0 Å². The number of hydrogen-bond acceptors (Lipinski definition) is 3. The molecule has 0 aliphatic carbocycles. The lowest BCUT2D eigenvalue weighted by molar-refractivity contribution is 0.564. The van der Waals surface area contributed by atoms with Crippen LogP contribution in [0.15, 0.2) is 53.0 Å². The minimum atomic E-state index is -1.98. The van der Waals surface area contributed by atoms with Gasteiger partial charge >= 0.3 is 0 Å². The maximum Gasteiger partial charge on any atom is 0.186 e. The van der Waals surface area contributed by atoms with Crippen LogP contribution in [0.2, 0.25) is 0 Å². The molecule has 1 atom stereocenters. The third-order valence-electron chi connectivity index (χ3n) is 1.93. The smallest absolute Gasteiger partial charge is 0.186 e. The zero-order valence-corrected chi connectivity index (χ0v) is 9.78. The summed E-state index contributed by atoms with van der Waals surface area (Å²) in [5.41, 5.74) is 1.45. The maximum absolute atomic E-state index is 10.8. The lowest BCUT2D eigenvalue weighted by atomic mass is 10.1. The number of nitriles is 1. The van der Waals surface area contributed by atoms with E-state index in [4.69, 9.17) is 9.81 Å². The first-order valence-corrected chi connectivity index (χ1v) is 5.68. The van der Waals surface area contributed by atoms with Crippen molar-refractivity contribution in [2.75, 3.05) is 0 Å². The molecule has 0 saturated carbocycles. The highest BCUT2D eigenvalue weighted by Gasteiger charge is 2.00. The second-order valence-corrected chi connectivity index (χ2v) is 4.09. The van der Waals surface area contributed by atoms with Crippen molar-refractivity contribution in [2.45, 2.75) is 4.90 Å². The summed E-state index contributed by atoms with van der Waals surface area (Å²) in [6.45, 7) is 7.17. The van der Waals surface area contributed by atoms with Crippen molar-refractivity contribution >= 4 is 22.9 Å². The summed E-state index contributed by atoms with van der Waals surface area (Å²) in [6.07, 6.45) is 1.43. The lowest BCUT2D eigenvalue weighted by Crippen LogP contribution is -1.90. The van der Waals surface area contributed by atoms with Gasteiger partial charge in [-0.15, -0.1) is 0 Å². The predicted molar refractivity (Wildman–Crippen MR) is 67.8 cm³/mol. The van der Waals surface area contributed by atoms with E-state index in [2.05, 4.69) is 18.2 Å². The minimum Gasteiger partial charge on any atom is -0.302 e. The van der Waals surface area contributed by atoms with Crippen molar-refractivity contribution in [1.29, 1.82) is 5.26 Å². The highest BCUT2D eigenvalue weighted by Crippen LogP contribution is 2.13. The number of hydrogen-bond donors (Lipinski definition) is 1. The number of rotatable bonds is 4. The van der Waals surface area contributed by atoms with Crippen LogP contribution in [0.5, 0.6) is 0 Å². The van der Waals surface area contributed by atoms with E-state index in [-0.39, 0.29) is 5.70 Å². The first-order chi connectivity index (χ1) is 8.04. The molecule has 1 N–H and O–H groups in total. The van der Waals surface area contributed by atoms with Crippen LogP contribution in [-0.4, -0.2) is 15.0 Å². The van der Waals surface area contributed by atoms with Gasteiger partial charge in [-0.1, -0.05) is 25.3 Å². The fourth-order valence-corrected chi connectivity index (χ4v) is 1.41. The van der Waals surface area contributed by atoms with Crippen LogP contribution in [0, 0.1) is 11.3 Å². The van der Waals surface area contributed by atoms with Crippen molar-refractivity contribution in [3.8, 4) is 6.07 Å². The van der Waals surface area contributed by atoms with E-state index in [0.717, 1.165) is 5.56 Å². The van der Waals surface area contributed by atoms with Gasteiger partial charge in [0.05, 0.1) is 4.90 Å². The van der Waals surface area contributed by atoms with Gasteiger partial charge in [0, 0.05) is 6.21 Å². The Hall–Kier alpha value is -2.03. The molecule has 0 amide bonds. The van der Waals surface area contributed by atoms with Gasteiger partial charge in [-0.3, -0.25) is 0 Å². The Kier molecular flexibility index (Phi) is 4.52. The summed E-state index contributed by atoms with van der Waals surface area (Å²) < 4.78 is 19.6. The highest BCUT2D eigenvalue weighted by atomic mass is 32.2. The average molecular weight is 246 g/mol. The van der Waals surface area contributed by atoms with Crippen molar-refractivity contribution in [3.63, 3.8) is 0 Å². The molecule has 0 saturated heterocycles. The first kappa shape index (κ1) is 13.0. The van der Waals surface area contributed by atoms with E-state index in [1.807, 2.05) is 0 Å². The molecule has 1 aromatic rings. The fraction of sp³-hybridized carbons (Fsp3) is 0. The molecule has 0 spiro atoms. The van der Waals surface area contributed by atoms with E-state index in [1.165, 1.54) is 18.3 Å². The Morgan fingerprint density at radius 3 is 2.47 bits per heavy atom. The Bertz CT molecular complexity index is 539. The summed E-state index contributed by atoms with van der Waals surface area (Å²) >= 11 is -1.98. The monoisotopic (exact) mass is 246 g/mol. The lowest BCUT2D eigenvalue weighted by Gasteiger charge is -2.00. The maximum atomic E-state index is 10.8. The Morgan fingerprint density at radius 2 is 2.00 bits per heavy atom. The third-order valence-corrected chi connectivity index (χ3v) is 2.61. The van der Waals surface area contributed by atoms with E-state index in [1.54, 1.807) is 18.2 Å². The van der Waals surface area contributed by atoms with Crippen LogP contribution in [0.4, 0.5) is 0 Å². The molecule has 0 fully saturated rings. The molecule has 0 aliphatic rings. The Balaban J connectivity index is 2.84. The zero-order valence-electron chi connectivity index (χ0n) is 8.96. The number of aliphatic imine (C=N–C) groups is 1. The molecule has 86 valence electrons. The molecule has 1 unspecified atom stereocenters. The molecule has 0 aliphatic heterocycles. The second-order valence-electron chi connectivity index (χ2n) is 3.12. The van der Waals surface area contributed by atoms with Crippen molar-refractivity contribution < 1.29 is 8.76 Å². The van der Waals surface area contributed by atoms with E-state index < -0.39 is 11.1 Å². The van der Waals surface area contributed by atoms with Gasteiger partial charge in [-0.25, -0.2) is 9.20 Å². The van der Waals surface area contributed by atoms with Crippen LogP contribution in [-0.2, 0) is 11.1 Å². The first-order valence-electron chi connectivity index (χ1n) is 4.58. The minimum absolute atomic E-state index is 0.0965. The number of nitrogens with zero attached hydrogens (tertiary/aromatic N) is 2. The molecular formula is C12H10N2O2S. The van der Waals surface area contributed by atoms with Gasteiger partial charge in [0.25, 0.3) is 0 Å². The standard InChI is InChI=1S/C12H10N2O2S/c1-9(8-14-10(2)7-13)11-3-5-12(6-4-11)17(15)16/h3-6,8H,1-2H2,(H,15,16). The summed E-state index contributed by atoms with van der Waals surface area (Å²) in [5.74, 6) is 0. The molecule has 5 heteroatoms. The molecule has 0 bridgehead atoms. The Labute approximate surface area is 102 Å². The molecule has 0 heterocycles. The SMILES string of the molecule is C=C(C#N)N=CC(=C)c1ccc(S(=O)O)cc1. The van der Waals surface area contributed by atoms with Crippen LogP contribution in [0.1, 0.15) is 5.56 Å². The second kappa shape index (κ2) is 5.89. The zero-order chi connectivity index (χ0) is 12.8. The molecule has 0 radical (unpaired) electrons. The summed E-state index contributed by atoms with van der Waals surface area (Å²) in [7, 11) is 0. The Morgan fingerprint density at radius 1 is 1.41 bits per heavy atom. The van der Waals surface area contributed by atoms with Gasteiger partial charge in [-0.2, -0.15) is 5.26 Å². The van der Waals surface area contributed by atoms with Crippen molar-refractivity contribution in [2.24, 2.45) is 4.99 Å². The molecule has 0 aromatic heterocycles. The fourth-order valence-electron chi connectivity index (χ4n) is 1.04. The molecule has 1 aromatic carbocycles. The molecule has 4 nitrogen and oxygen atoms in total. The van der Waals surface area contributed by atoms with Gasteiger partial charge in [0.15, 0.2) is 11.1 Å². The predicted octanol–water partition coefficient (Wildman–Crippen LogP) is 2.39.